The number of nitrogens with one attached hydrogen (secondary N) is 1. The Kier molecular flexibility index (Phi) is 5.11. The van der Waals surface area contributed by atoms with Gasteiger partial charge in [0.2, 0.25) is 0 Å². The molecule has 0 radical (unpaired) electrons. The first kappa shape index (κ1) is 14.5. The largest absolute Gasteiger partial charge is 0.465 e. The smallest absolute Gasteiger partial charge is 0.338 e. The van der Waals surface area contributed by atoms with Crippen molar-refractivity contribution < 1.29 is 24.3 Å². The summed E-state index contributed by atoms with van der Waals surface area (Å²) < 4.78 is 9.52. The van der Waals surface area contributed by atoms with Crippen LogP contribution in [-0.4, -0.2) is 24.3 Å². The Bertz CT molecular complexity index is 475. The number of rotatable bonds is 4. The van der Waals surface area contributed by atoms with Crippen molar-refractivity contribution in [2.24, 2.45) is 0 Å². The average molecular weight is 318 g/mol. The lowest BCUT2D eigenvalue weighted by atomic mass is 10.1. The second kappa shape index (κ2) is 6.36. The summed E-state index contributed by atoms with van der Waals surface area (Å²) in [6.07, 6.45) is 0. The first-order valence-electron chi connectivity index (χ1n) is 4.93. The third kappa shape index (κ3) is 3.21. The fourth-order valence-corrected chi connectivity index (χ4v) is 1.83. The minimum absolute atomic E-state index is 0.0510. The summed E-state index contributed by atoms with van der Waals surface area (Å²) in [4.78, 5) is 22.5. The third-order valence-electron chi connectivity index (χ3n) is 2.13. The maximum absolute atomic E-state index is 11.6. The van der Waals surface area contributed by atoms with Crippen LogP contribution in [0.3, 0.4) is 0 Å². The lowest BCUT2D eigenvalue weighted by molar-refractivity contribution is -0.131. The molecule has 7 heteroatoms. The van der Waals surface area contributed by atoms with Gasteiger partial charge < -0.3 is 9.47 Å². The molecule has 2 N–H and O–H groups in total. The number of methoxy groups -OCH3 is 1. The zero-order chi connectivity index (χ0) is 13.7. The van der Waals surface area contributed by atoms with E-state index in [0.717, 1.165) is 0 Å². The molecule has 0 heterocycles. The van der Waals surface area contributed by atoms with E-state index in [1.54, 1.807) is 0 Å². The van der Waals surface area contributed by atoms with Gasteiger partial charge in [-0.2, -0.15) is 0 Å². The van der Waals surface area contributed by atoms with Gasteiger partial charge in [0.25, 0.3) is 0 Å². The number of ether oxygens (including phenoxy) is 2. The van der Waals surface area contributed by atoms with Crippen molar-refractivity contribution in [1.29, 1.82) is 0 Å². The first-order chi connectivity index (χ1) is 8.53. The van der Waals surface area contributed by atoms with E-state index in [1.165, 1.54) is 26.2 Å². The van der Waals surface area contributed by atoms with Crippen molar-refractivity contribution in [3.63, 3.8) is 0 Å². The number of carbonyl (C=O) groups excluding carboxylic acids is 2. The zero-order valence-corrected chi connectivity index (χ0v) is 11.4. The van der Waals surface area contributed by atoms with Crippen LogP contribution < -0.4 is 10.2 Å². The molecule has 0 atom stereocenters. The van der Waals surface area contributed by atoms with Gasteiger partial charge in [0.15, 0.2) is 5.75 Å². The fourth-order valence-electron chi connectivity index (χ4n) is 1.36. The van der Waals surface area contributed by atoms with Crippen LogP contribution in [0, 0.1) is 0 Å². The van der Waals surface area contributed by atoms with Crippen molar-refractivity contribution in [2.45, 2.75) is 12.3 Å². The van der Waals surface area contributed by atoms with Gasteiger partial charge in [-0.25, -0.2) is 4.79 Å². The Morgan fingerprint density at radius 3 is 2.56 bits per heavy atom. The predicted octanol–water partition coefficient (Wildman–Crippen LogP) is 2.09. The predicted molar refractivity (Wildman–Crippen MR) is 67.1 cm³/mol. The highest BCUT2D eigenvalue weighted by molar-refractivity contribution is 9.08. The first-order valence-corrected chi connectivity index (χ1v) is 6.05. The molecule has 1 aromatic rings. The minimum atomic E-state index is -0.561. The molecule has 1 rings (SSSR count). The number of esters is 2. The quantitative estimate of drug-likeness (QED) is 0.383. The summed E-state index contributed by atoms with van der Waals surface area (Å²) in [5.74, 6) is -1.06. The molecule has 0 saturated carbocycles. The normalized spacial score (nSPS) is 9.78. The number of hydrogen-bond donors (Lipinski definition) is 2. The molecule has 0 aliphatic heterocycles. The molecule has 0 aliphatic rings. The number of alkyl halides is 1. The van der Waals surface area contributed by atoms with E-state index < -0.39 is 11.9 Å². The van der Waals surface area contributed by atoms with Gasteiger partial charge in [0, 0.05) is 12.3 Å². The van der Waals surface area contributed by atoms with Crippen molar-refractivity contribution >= 4 is 33.6 Å². The molecule has 0 unspecified atom stereocenters. The third-order valence-corrected chi connectivity index (χ3v) is 2.73. The number of halogens is 1. The molecule has 0 fully saturated rings. The summed E-state index contributed by atoms with van der Waals surface area (Å²) in [5.41, 5.74) is 2.94. The van der Waals surface area contributed by atoms with E-state index in [2.05, 4.69) is 20.7 Å². The Balaban J connectivity index is 3.33. The van der Waals surface area contributed by atoms with Crippen LogP contribution in [0.4, 0.5) is 5.69 Å². The number of carbonyl (C=O) groups is 2. The summed E-state index contributed by atoms with van der Waals surface area (Å²) in [6.45, 7) is 1.22. The van der Waals surface area contributed by atoms with E-state index in [1.807, 2.05) is 5.48 Å². The molecule has 1 aromatic carbocycles. The maximum atomic E-state index is 11.6. The van der Waals surface area contributed by atoms with Gasteiger partial charge in [0.1, 0.15) is 5.69 Å². The van der Waals surface area contributed by atoms with Gasteiger partial charge >= 0.3 is 11.9 Å². The molecule has 0 amide bonds. The fraction of sp³-hybridized carbons (Fsp3) is 0.273. The van der Waals surface area contributed by atoms with E-state index in [0.29, 0.717) is 10.9 Å². The number of anilines is 1. The van der Waals surface area contributed by atoms with Crippen LogP contribution in [0.15, 0.2) is 12.1 Å². The molecule has 98 valence electrons. The van der Waals surface area contributed by atoms with Crippen LogP contribution in [0.25, 0.3) is 0 Å². The average Bonchev–Trinajstić information content (AvgIpc) is 2.36. The van der Waals surface area contributed by atoms with Crippen LogP contribution in [-0.2, 0) is 14.9 Å². The topological polar surface area (TPSA) is 84.9 Å². The molecule has 0 bridgehead atoms. The Hall–Kier alpha value is -1.60. The van der Waals surface area contributed by atoms with Gasteiger partial charge in [-0.05, 0) is 17.7 Å². The van der Waals surface area contributed by atoms with Crippen LogP contribution in [0.2, 0.25) is 0 Å². The van der Waals surface area contributed by atoms with Crippen LogP contribution >= 0.6 is 15.9 Å². The van der Waals surface area contributed by atoms with Crippen LogP contribution in [0.5, 0.6) is 5.75 Å². The van der Waals surface area contributed by atoms with Crippen molar-refractivity contribution in [3.05, 3.63) is 23.3 Å². The molecule has 6 nitrogen and oxygen atoms in total. The summed E-state index contributed by atoms with van der Waals surface area (Å²) in [5, 5.41) is 9.35. The van der Waals surface area contributed by atoms with Crippen LogP contribution in [0.1, 0.15) is 22.8 Å². The van der Waals surface area contributed by atoms with Crippen molar-refractivity contribution in [3.8, 4) is 5.75 Å². The summed E-state index contributed by atoms with van der Waals surface area (Å²) >= 11 is 3.22. The van der Waals surface area contributed by atoms with Gasteiger partial charge in [0.05, 0.1) is 12.7 Å². The summed E-state index contributed by atoms with van der Waals surface area (Å²) in [7, 11) is 1.25. The number of hydrogen-bond acceptors (Lipinski definition) is 6. The molecule has 0 spiro atoms. The number of benzene rings is 1. The van der Waals surface area contributed by atoms with Gasteiger partial charge in [-0.3, -0.25) is 15.5 Å². The highest BCUT2D eigenvalue weighted by Crippen LogP contribution is 2.30. The molecule has 0 aliphatic carbocycles. The molecule has 18 heavy (non-hydrogen) atoms. The molecular weight excluding hydrogens is 306 g/mol. The maximum Gasteiger partial charge on any atom is 0.338 e. The second-order valence-electron chi connectivity index (χ2n) is 3.34. The molecule has 0 aromatic heterocycles. The lowest BCUT2D eigenvalue weighted by Gasteiger charge is -2.12. The standard InChI is InChI=1S/C11H12BrNO5/c1-6(14)18-10-4-8(11(15)17-2)7(5-12)3-9(10)13-16/h3-4,13,16H,5H2,1-2H3. The van der Waals surface area contributed by atoms with Crippen molar-refractivity contribution in [1.82, 2.24) is 0 Å². The Morgan fingerprint density at radius 2 is 2.11 bits per heavy atom. The summed E-state index contributed by atoms with van der Waals surface area (Å²) in [6, 6.07) is 2.82. The van der Waals surface area contributed by atoms with E-state index in [9.17, 15) is 9.59 Å². The van der Waals surface area contributed by atoms with E-state index in [4.69, 9.17) is 9.94 Å². The second-order valence-corrected chi connectivity index (χ2v) is 3.90. The van der Waals surface area contributed by atoms with E-state index in [-0.39, 0.29) is 17.0 Å². The van der Waals surface area contributed by atoms with E-state index >= 15 is 0 Å². The highest BCUT2D eigenvalue weighted by atomic mass is 79.9. The molecular formula is C11H12BrNO5. The minimum Gasteiger partial charge on any atom is -0.465 e. The zero-order valence-electron chi connectivity index (χ0n) is 9.82. The Labute approximate surface area is 112 Å². The molecule has 0 saturated heterocycles. The van der Waals surface area contributed by atoms with Gasteiger partial charge in [-0.15, -0.1) is 0 Å². The van der Waals surface area contributed by atoms with Gasteiger partial charge in [-0.1, -0.05) is 15.9 Å². The lowest BCUT2D eigenvalue weighted by Crippen LogP contribution is -2.09. The SMILES string of the molecule is COC(=O)c1cc(OC(C)=O)c(NO)cc1CBr. The Morgan fingerprint density at radius 1 is 1.44 bits per heavy atom. The highest BCUT2D eigenvalue weighted by Gasteiger charge is 2.17. The van der Waals surface area contributed by atoms with Crippen molar-refractivity contribution in [2.75, 3.05) is 12.6 Å². The monoisotopic (exact) mass is 317 g/mol.